The monoisotopic (exact) mass is 680 g/mol. The van der Waals surface area contributed by atoms with Crippen LogP contribution in [-0.2, 0) is 32.1 Å². The molecule has 6 N–H and O–H groups in total. The minimum absolute atomic E-state index is 0.0152. The number of carbonyl (C=O) groups excluding carboxylic acids is 4. The topological polar surface area (TPSA) is 152 Å². The molecule has 2 aromatic rings. The van der Waals surface area contributed by atoms with Crippen LogP contribution in [0.1, 0.15) is 65.0 Å². The lowest BCUT2D eigenvalue weighted by molar-refractivity contribution is -0.130. The number of nitrogens with one attached hydrogen (secondary N) is 5. The van der Waals surface area contributed by atoms with Crippen LogP contribution >= 0.6 is 11.8 Å². The molecule has 48 heavy (non-hydrogen) atoms. The number of likely N-dealkylation sites (tertiary alicyclic amines) is 1. The highest BCUT2D eigenvalue weighted by Gasteiger charge is 2.49. The van der Waals surface area contributed by atoms with Crippen LogP contribution in [0.4, 0.5) is 0 Å². The standard InChI is InChI=1S/C36H52N6O5S/c1-35(2,3)41-31(45)27-18-12-13-19-42(27)23-26(43)22-38-33(47)30-36(4,5)48-34(40-30)29(32(46)37-21-25-16-10-7-11-17-25)39-28(44)20-24-14-8-6-9-15-24/h6-11,14-17,26-27,29-30,34,40,43H,12-13,18-23H2,1-5H3,(H,37,46)(H,38,47)(H,39,44)(H,41,45)/t26?,27-,29+,30-,34+/m0/s1. The molecule has 4 amide bonds. The van der Waals surface area contributed by atoms with Crippen LogP contribution in [0.15, 0.2) is 60.7 Å². The van der Waals surface area contributed by atoms with Crippen LogP contribution in [0.2, 0.25) is 0 Å². The lowest BCUT2D eigenvalue weighted by Crippen LogP contribution is -2.58. The van der Waals surface area contributed by atoms with Crippen molar-refractivity contribution in [2.75, 3.05) is 19.6 Å². The Morgan fingerprint density at radius 3 is 2.25 bits per heavy atom. The summed E-state index contributed by atoms with van der Waals surface area (Å²) in [4.78, 5) is 55.2. The van der Waals surface area contributed by atoms with Gasteiger partial charge in [0, 0.05) is 29.9 Å². The second-order valence-corrected chi connectivity index (χ2v) is 16.1. The van der Waals surface area contributed by atoms with E-state index >= 15 is 0 Å². The molecule has 0 bridgehead atoms. The van der Waals surface area contributed by atoms with E-state index in [1.165, 1.54) is 11.8 Å². The number of hydrogen-bond donors (Lipinski definition) is 6. The molecule has 262 valence electrons. The van der Waals surface area contributed by atoms with Gasteiger partial charge in [-0.3, -0.25) is 29.4 Å². The fourth-order valence-corrected chi connectivity index (χ4v) is 7.64. The summed E-state index contributed by atoms with van der Waals surface area (Å²) in [6.07, 6.45) is 1.85. The lowest BCUT2D eigenvalue weighted by atomic mass is 9.99. The number of amides is 4. The first-order chi connectivity index (χ1) is 22.7. The first-order valence-corrected chi connectivity index (χ1v) is 17.7. The number of hydrogen-bond acceptors (Lipinski definition) is 8. The first kappa shape index (κ1) is 37.4. The minimum Gasteiger partial charge on any atom is -0.390 e. The van der Waals surface area contributed by atoms with E-state index in [2.05, 4.69) is 26.6 Å². The fraction of sp³-hybridized carbons (Fsp3) is 0.556. The van der Waals surface area contributed by atoms with Crippen molar-refractivity contribution in [3.63, 3.8) is 0 Å². The number of aliphatic hydroxyl groups is 1. The zero-order chi connectivity index (χ0) is 34.9. The molecule has 2 aromatic carbocycles. The second kappa shape index (κ2) is 16.8. The molecule has 0 aromatic heterocycles. The molecule has 4 rings (SSSR count). The van der Waals surface area contributed by atoms with Crippen LogP contribution in [0.3, 0.4) is 0 Å². The summed E-state index contributed by atoms with van der Waals surface area (Å²) >= 11 is 1.42. The van der Waals surface area contributed by atoms with Gasteiger partial charge in [-0.25, -0.2) is 0 Å². The highest BCUT2D eigenvalue weighted by molar-refractivity contribution is 8.01. The maximum atomic E-state index is 13.6. The summed E-state index contributed by atoms with van der Waals surface area (Å²) in [5.41, 5.74) is 1.40. The van der Waals surface area contributed by atoms with E-state index in [0.29, 0.717) is 13.1 Å². The van der Waals surface area contributed by atoms with E-state index in [9.17, 15) is 24.3 Å². The van der Waals surface area contributed by atoms with E-state index < -0.39 is 28.3 Å². The van der Waals surface area contributed by atoms with E-state index in [0.717, 1.165) is 30.4 Å². The first-order valence-electron chi connectivity index (χ1n) is 16.8. The number of carbonyl (C=O) groups is 4. The zero-order valence-corrected chi connectivity index (χ0v) is 29.6. The molecular formula is C36H52N6O5S. The number of piperidine rings is 1. The third kappa shape index (κ3) is 11.0. The van der Waals surface area contributed by atoms with Crippen molar-refractivity contribution in [3.05, 3.63) is 71.8 Å². The van der Waals surface area contributed by atoms with E-state index in [4.69, 9.17) is 0 Å². The van der Waals surface area contributed by atoms with Gasteiger partial charge in [-0.05, 0) is 65.1 Å². The number of nitrogens with zero attached hydrogens (tertiary/aromatic N) is 1. The Hall–Kier alpha value is -3.45. The van der Waals surface area contributed by atoms with Crippen molar-refractivity contribution in [2.24, 2.45) is 0 Å². The number of rotatable bonds is 13. The van der Waals surface area contributed by atoms with Crippen LogP contribution in [0.5, 0.6) is 0 Å². The third-order valence-corrected chi connectivity index (χ3v) is 10.0. The van der Waals surface area contributed by atoms with Crippen molar-refractivity contribution in [3.8, 4) is 0 Å². The van der Waals surface area contributed by atoms with Gasteiger partial charge in [0.2, 0.25) is 23.6 Å². The van der Waals surface area contributed by atoms with Gasteiger partial charge in [0.1, 0.15) is 12.1 Å². The Labute approximate surface area is 288 Å². The van der Waals surface area contributed by atoms with Crippen LogP contribution in [0, 0.1) is 0 Å². The van der Waals surface area contributed by atoms with Crippen molar-refractivity contribution >= 4 is 35.4 Å². The molecule has 0 aliphatic carbocycles. The number of aliphatic hydroxyl groups excluding tert-OH is 1. The van der Waals surface area contributed by atoms with Crippen molar-refractivity contribution in [1.29, 1.82) is 0 Å². The average molecular weight is 681 g/mol. The Balaban J connectivity index is 1.38. The molecule has 12 heteroatoms. The van der Waals surface area contributed by atoms with Gasteiger partial charge in [0.25, 0.3) is 0 Å². The van der Waals surface area contributed by atoms with Crippen molar-refractivity contribution in [1.82, 2.24) is 31.5 Å². The molecule has 5 atom stereocenters. The Kier molecular flexibility index (Phi) is 13.1. The van der Waals surface area contributed by atoms with Gasteiger partial charge in [-0.15, -0.1) is 11.8 Å². The molecular weight excluding hydrogens is 629 g/mol. The highest BCUT2D eigenvalue weighted by Crippen LogP contribution is 2.39. The fourth-order valence-electron chi connectivity index (χ4n) is 6.14. The normalized spacial score (nSPS) is 22.2. The van der Waals surface area contributed by atoms with Gasteiger partial charge in [0.05, 0.1) is 23.9 Å². The van der Waals surface area contributed by atoms with Gasteiger partial charge >= 0.3 is 0 Å². The maximum absolute atomic E-state index is 13.6. The van der Waals surface area contributed by atoms with Gasteiger partial charge in [-0.2, -0.15) is 0 Å². The summed E-state index contributed by atoms with van der Waals surface area (Å²) < 4.78 is -0.634. The molecule has 2 saturated heterocycles. The number of benzene rings is 2. The molecule has 2 aliphatic rings. The number of thioether (sulfide) groups is 1. The van der Waals surface area contributed by atoms with Crippen LogP contribution in [0.25, 0.3) is 0 Å². The largest absolute Gasteiger partial charge is 0.390 e. The zero-order valence-electron chi connectivity index (χ0n) is 28.8. The Bertz CT molecular complexity index is 1390. The van der Waals surface area contributed by atoms with Crippen molar-refractivity contribution in [2.45, 2.75) is 107 Å². The summed E-state index contributed by atoms with van der Waals surface area (Å²) in [6.45, 7) is 10.9. The van der Waals surface area contributed by atoms with Gasteiger partial charge < -0.3 is 26.4 Å². The average Bonchev–Trinajstić information content (AvgIpc) is 3.36. The van der Waals surface area contributed by atoms with E-state index in [-0.39, 0.29) is 54.7 Å². The number of β-amino-alcohol motifs (C(OH)–C–C–N with tert-alkyl or cyclic N) is 1. The molecule has 0 spiro atoms. The van der Waals surface area contributed by atoms with E-state index in [1.54, 1.807) is 0 Å². The molecule has 0 saturated carbocycles. The van der Waals surface area contributed by atoms with E-state index in [1.807, 2.05) is 100 Å². The third-order valence-electron chi connectivity index (χ3n) is 8.51. The van der Waals surface area contributed by atoms with Gasteiger partial charge in [0.15, 0.2) is 0 Å². The summed E-state index contributed by atoms with van der Waals surface area (Å²) in [5.74, 6) is -1.01. The molecule has 2 fully saturated rings. The molecule has 1 unspecified atom stereocenters. The Morgan fingerprint density at radius 2 is 1.60 bits per heavy atom. The molecule has 0 radical (unpaired) electrons. The minimum atomic E-state index is -0.951. The van der Waals surface area contributed by atoms with Crippen LogP contribution in [-0.4, -0.2) is 93.2 Å². The van der Waals surface area contributed by atoms with Gasteiger partial charge in [-0.1, -0.05) is 67.1 Å². The molecule has 2 heterocycles. The SMILES string of the molecule is CC(C)(C)NC(=O)[C@@H]1CCCCN1CC(O)CNC(=O)[C@@H]1N[C@@H]([C@H](NC(=O)Cc2ccccc2)C(=O)NCc2ccccc2)SC1(C)C. The highest BCUT2D eigenvalue weighted by atomic mass is 32.2. The van der Waals surface area contributed by atoms with Crippen molar-refractivity contribution < 1.29 is 24.3 Å². The lowest BCUT2D eigenvalue weighted by Gasteiger charge is -2.37. The predicted octanol–water partition coefficient (Wildman–Crippen LogP) is 2.09. The quantitative estimate of drug-likeness (QED) is 0.188. The maximum Gasteiger partial charge on any atom is 0.245 e. The van der Waals surface area contributed by atoms with Crippen LogP contribution < -0.4 is 26.6 Å². The summed E-state index contributed by atoms with van der Waals surface area (Å²) in [5, 5.41) is 25.4. The molecule has 11 nitrogen and oxygen atoms in total. The summed E-state index contributed by atoms with van der Waals surface area (Å²) in [7, 11) is 0. The second-order valence-electron chi connectivity index (χ2n) is 14.3. The smallest absolute Gasteiger partial charge is 0.245 e. The summed E-state index contributed by atoms with van der Waals surface area (Å²) in [6, 6.07) is 16.9. The molecule has 2 aliphatic heterocycles. The predicted molar refractivity (Wildman–Crippen MR) is 189 cm³/mol. The Morgan fingerprint density at radius 1 is 0.958 bits per heavy atom.